The zero-order chi connectivity index (χ0) is 18.4. The van der Waals surface area contributed by atoms with E-state index < -0.39 is 18.3 Å². The summed E-state index contributed by atoms with van der Waals surface area (Å²) in [6.45, 7) is 3.76. The van der Waals surface area contributed by atoms with Crippen LogP contribution in [0.15, 0.2) is 48.5 Å². The molecule has 2 aromatic carbocycles. The maximum atomic E-state index is 12.4. The standard InChI is InChI=1S/C19H21NO5/c1-13(2)20(11-14-6-4-3-5-7-14)18(23)12-25-19(24)16-9-8-15(21)10-17(16)22/h3-10,13,21-22H,11-12H2,1-2H3. The number of hydrogen-bond acceptors (Lipinski definition) is 5. The van der Waals surface area contributed by atoms with Gasteiger partial charge < -0.3 is 19.8 Å². The van der Waals surface area contributed by atoms with Gasteiger partial charge in [-0.2, -0.15) is 0 Å². The smallest absolute Gasteiger partial charge is 0.342 e. The van der Waals surface area contributed by atoms with Crippen molar-refractivity contribution in [2.75, 3.05) is 6.61 Å². The molecule has 2 rings (SSSR count). The van der Waals surface area contributed by atoms with Gasteiger partial charge >= 0.3 is 5.97 Å². The van der Waals surface area contributed by atoms with Gasteiger partial charge in [-0.25, -0.2) is 4.79 Å². The summed E-state index contributed by atoms with van der Waals surface area (Å²) in [5.74, 6) is -1.72. The van der Waals surface area contributed by atoms with Crippen molar-refractivity contribution in [2.24, 2.45) is 0 Å². The highest BCUT2D eigenvalue weighted by Gasteiger charge is 2.20. The van der Waals surface area contributed by atoms with E-state index in [0.717, 1.165) is 11.6 Å². The molecule has 0 fully saturated rings. The predicted octanol–water partition coefficient (Wildman–Crippen LogP) is 2.69. The van der Waals surface area contributed by atoms with E-state index in [-0.39, 0.29) is 23.3 Å². The van der Waals surface area contributed by atoms with Gasteiger partial charge in [-0.1, -0.05) is 30.3 Å². The number of phenolic OH excluding ortho intramolecular Hbond substituents is 2. The van der Waals surface area contributed by atoms with Crippen LogP contribution in [-0.4, -0.2) is 39.6 Å². The van der Waals surface area contributed by atoms with E-state index in [0.29, 0.717) is 6.54 Å². The Bertz CT molecular complexity index is 743. The molecule has 0 atom stereocenters. The monoisotopic (exact) mass is 343 g/mol. The Kier molecular flexibility index (Phi) is 6.00. The molecular weight excluding hydrogens is 322 g/mol. The van der Waals surface area contributed by atoms with E-state index in [9.17, 15) is 19.8 Å². The highest BCUT2D eigenvalue weighted by molar-refractivity contribution is 5.94. The predicted molar refractivity (Wildman–Crippen MR) is 92.2 cm³/mol. The Hall–Kier alpha value is -3.02. The summed E-state index contributed by atoms with van der Waals surface area (Å²) >= 11 is 0. The second kappa shape index (κ2) is 8.19. The minimum Gasteiger partial charge on any atom is -0.508 e. The third-order valence-electron chi connectivity index (χ3n) is 3.67. The first kappa shape index (κ1) is 18.3. The van der Waals surface area contributed by atoms with Crippen molar-refractivity contribution in [1.29, 1.82) is 0 Å². The lowest BCUT2D eigenvalue weighted by atomic mass is 10.2. The van der Waals surface area contributed by atoms with E-state index in [4.69, 9.17) is 4.74 Å². The summed E-state index contributed by atoms with van der Waals surface area (Å²) in [6, 6.07) is 13.0. The van der Waals surface area contributed by atoms with Gasteiger partial charge in [-0.15, -0.1) is 0 Å². The van der Waals surface area contributed by atoms with Crippen molar-refractivity contribution in [3.63, 3.8) is 0 Å². The quantitative estimate of drug-likeness (QED) is 0.788. The third kappa shape index (κ3) is 4.97. The van der Waals surface area contributed by atoms with Crippen molar-refractivity contribution < 1.29 is 24.5 Å². The number of hydrogen-bond donors (Lipinski definition) is 2. The number of rotatable bonds is 6. The molecule has 0 aliphatic heterocycles. The zero-order valence-electron chi connectivity index (χ0n) is 14.2. The molecule has 6 heteroatoms. The first-order valence-electron chi connectivity index (χ1n) is 7.91. The molecule has 2 N–H and O–H groups in total. The third-order valence-corrected chi connectivity index (χ3v) is 3.67. The van der Waals surface area contributed by atoms with Crippen molar-refractivity contribution in [3.05, 3.63) is 59.7 Å². The molecular formula is C19H21NO5. The molecule has 132 valence electrons. The van der Waals surface area contributed by atoms with Crippen LogP contribution < -0.4 is 0 Å². The van der Waals surface area contributed by atoms with E-state index in [1.807, 2.05) is 44.2 Å². The lowest BCUT2D eigenvalue weighted by Crippen LogP contribution is -2.39. The number of esters is 1. The molecule has 0 unspecified atom stereocenters. The number of carbonyl (C=O) groups excluding carboxylic acids is 2. The first-order chi connectivity index (χ1) is 11.9. The Labute approximate surface area is 146 Å². The van der Waals surface area contributed by atoms with Crippen LogP contribution >= 0.6 is 0 Å². The molecule has 0 spiro atoms. The minimum atomic E-state index is -0.825. The molecule has 0 aliphatic rings. The number of carbonyl (C=O) groups is 2. The van der Waals surface area contributed by atoms with Crippen molar-refractivity contribution >= 4 is 11.9 Å². The van der Waals surface area contributed by atoms with E-state index in [2.05, 4.69) is 0 Å². The zero-order valence-corrected chi connectivity index (χ0v) is 14.2. The number of aromatic hydroxyl groups is 2. The molecule has 0 radical (unpaired) electrons. The molecule has 2 aromatic rings. The number of ether oxygens (including phenoxy) is 1. The summed E-state index contributed by atoms with van der Waals surface area (Å²) in [6.07, 6.45) is 0. The van der Waals surface area contributed by atoms with Gasteiger partial charge in [0.2, 0.25) is 0 Å². The molecule has 0 saturated heterocycles. The number of amides is 1. The van der Waals surface area contributed by atoms with Gasteiger partial charge in [0.25, 0.3) is 5.91 Å². The fourth-order valence-corrected chi connectivity index (χ4v) is 2.32. The van der Waals surface area contributed by atoms with Crippen molar-refractivity contribution in [3.8, 4) is 11.5 Å². The van der Waals surface area contributed by atoms with Crippen LogP contribution in [0.3, 0.4) is 0 Å². The molecule has 1 amide bonds. The Morgan fingerprint density at radius 2 is 1.76 bits per heavy atom. The summed E-state index contributed by atoms with van der Waals surface area (Å²) in [7, 11) is 0. The largest absolute Gasteiger partial charge is 0.508 e. The van der Waals surface area contributed by atoms with Crippen LogP contribution in [0.4, 0.5) is 0 Å². The molecule has 6 nitrogen and oxygen atoms in total. The number of nitrogens with zero attached hydrogens (tertiary/aromatic N) is 1. The average Bonchev–Trinajstić information content (AvgIpc) is 2.58. The van der Waals surface area contributed by atoms with Gasteiger partial charge in [-0.3, -0.25) is 4.79 Å². The molecule has 25 heavy (non-hydrogen) atoms. The highest BCUT2D eigenvalue weighted by atomic mass is 16.5. The van der Waals surface area contributed by atoms with Crippen LogP contribution in [0.25, 0.3) is 0 Å². The highest BCUT2D eigenvalue weighted by Crippen LogP contribution is 2.23. The Morgan fingerprint density at radius 3 is 2.36 bits per heavy atom. The van der Waals surface area contributed by atoms with E-state index in [1.165, 1.54) is 12.1 Å². The summed E-state index contributed by atoms with van der Waals surface area (Å²) in [5.41, 5.74) is 0.872. The molecule has 0 aromatic heterocycles. The van der Waals surface area contributed by atoms with Crippen LogP contribution in [-0.2, 0) is 16.1 Å². The summed E-state index contributed by atoms with van der Waals surface area (Å²) in [4.78, 5) is 26.0. The Balaban J connectivity index is 2.00. The van der Waals surface area contributed by atoms with Crippen LogP contribution in [0.5, 0.6) is 11.5 Å². The molecule has 0 saturated carbocycles. The fraction of sp³-hybridized carbons (Fsp3) is 0.263. The summed E-state index contributed by atoms with van der Waals surface area (Å²) in [5, 5.41) is 18.9. The second-order valence-corrected chi connectivity index (χ2v) is 5.88. The molecule has 0 aliphatic carbocycles. The first-order valence-corrected chi connectivity index (χ1v) is 7.91. The lowest BCUT2D eigenvalue weighted by Gasteiger charge is -2.26. The van der Waals surface area contributed by atoms with Gasteiger partial charge in [0, 0.05) is 18.7 Å². The number of phenols is 2. The van der Waals surface area contributed by atoms with Crippen molar-refractivity contribution in [2.45, 2.75) is 26.4 Å². The van der Waals surface area contributed by atoms with Gasteiger partial charge in [-0.05, 0) is 31.5 Å². The topological polar surface area (TPSA) is 87.1 Å². The Morgan fingerprint density at radius 1 is 1.08 bits per heavy atom. The van der Waals surface area contributed by atoms with Crippen LogP contribution in [0.1, 0.15) is 29.8 Å². The second-order valence-electron chi connectivity index (χ2n) is 5.88. The molecule has 0 bridgehead atoms. The minimum absolute atomic E-state index is 0.0616. The van der Waals surface area contributed by atoms with Gasteiger partial charge in [0.05, 0.1) is 0 Å². The van der Waals surface area contributed by atoms with E-state index >= 15 is 0 Å². The fourth-order valence-electron chi connectivity index (χ4n) is 2.32. The van der Waals surface area contributed by atoms with Crippen LogP contribution in [0.2, 0.25) is 0 Å². The average molecular weight is 343 g/mol. The lowest BCUT2D eigenvalue weighted by molar-refractivity contribution is -0.136. The maximum Gasteiger partial charge on any atom is 0.342 e. The summed E-state index contributed by atoms with van der Waals surface area (Å²) < 4.78 is 5.01. The maximum absolute atomic E-state index is 12.4. The number of benzene rings is 2. The normalized spacial score (nSPS) is 10.5. The van der Waals surface area contributed by atoms with Crippen molar-refractivity contribution in [1.82, 2.24) is 4.90 Å². The SMILES string of the molecule is CC(C)N(Cc1ccccc1)C(=O)COC(=O)c1ccc(O)cc1O. The van der Waals surface area contributed by atoms with Gasteiger partial charge in [0.1, 0.15) is 17.1 Å². The molecule has 0 heterocycles. The van der Waals surface area contributed by atoms with Gasteiger partial charge in [0.15, 0.2) is 6.61 Å². The van der Waals surface area contributed by atoms with E-state index in [1.54, 1.807) is 4.90 Å². The van der Waals surface area contributed by atoms with Crippen LogP contribution in [0, 0.1) is 0 Å².